The van der Waals surface area contributed by atoms with Gasteiger partial charge in [-0.1, -0.05) is 0 Å². The van der Waals surface area contributed by atoms with Gasteiger partial charge >= 0.3 is 12.1 Å². The van der Waals surface area contributed by atoms with Crippen molar-refractivity contribution in [2.75, 3.05) is 25.6 Å². The van der Waals surface area contributed by atoms with Gasteiger partial charge in [0.25, 0.3) is 0 Å². The number of halogens is 3. The molecule has 0 aliphatic rings. The van der Waals surface area contributed by atoms with Crippen LogP contribution in [0.15, 0.2) is 18.2 Å². The molecule has 1 aromatic carbocycles. The summed E-state index contributed by atoms with van der Waals surface area (Å²) in [5.41, 5.74) is -1.51. The van der Waals surface area contributed by atoms with Crippen molar-refractivity contribution in [2.24, 2.45) is 0 Å². The van der Waals surface area contributed by atoms with E-state index in [0.29, 0.717) is 18.8 Å². The molecule has 0 bridgehead atoms. The lowest BCUT2D eigenvalue weighted by Gasteiger charge is -2.13. The Kier molecular flexibility index (Phi) is 6.48. The number of carboxylic acids is 1. The van der Waals surface area contributed by atoms with E-state index in [1.54, 1.807) is 7.11 Å². The van der Waals surface area contributed by atoms with Crippen molar-refractivity contribution in [1.82, 2.24) is 0 Å². The Hall–Kier alpha value is -1.76. The normalized spacial score (nSPS) is 11.4. The van der Waals surface area contributed by atoms with Gasteiger partial charge in [0.05, 0.1) is 11.1 Å². The number of methoxy groups -OCH3 is 1. The fourth-order valence-corrected chi connectivity index (χ4v) is 1.86. The Bertz CT molecular complexity index is 475. The third-order valence-electron chi connectivity index (χ3n) is 2.91. The summed E-state index contributed by atoms with van der Waals surface area (Å²) >= 11 is 0. The lowest BCUT2D eigenvalue weighted by molar-refractivity contribution is -0.138. The van der Waals surface area contributed by atoms with Gasteiger partial charge in [-0.2, -0.15) is 13.2 Å². The number of carbonyl (C=O) groups is 1. The number of nitrogens with one attached hydrogen (secondary N) is 1. The van der Waals surface area contributed by atoms with Crippen molar-refractivity contribution < 1.29 is 27.8 Å². The molecule has 1 rings (SSSR count). The number of carboxylic acid groups (broad SMARTS) is 1. The van der Waals surface area contributed by atoms with Crippen LogP contribution in [-0.4, -0.2) is 31.3 Å². The summed E-state index contributed by atoms with van der Waals surface area (Å²) in [6, 6.07) is 3.04. The fourth-order valence-electron chi connectivity index (χ4n) is 1.86. The second-order valence-electron chi connectivity index (χ2n) is 4.54. The van der Waals surface area contributed by atoms with Crippen molar-refractivity contribution in [3.05, 3.63) is 29.3 Å². The van der Waals surface area contributed by atoms with E-state index in [4.69, 9.17) is 9.84 Å². The summed E-state index contributed by atoms with van der Waals surface area (Å²) in [5.74, 6) is -1.59. The minimum absolute atomic E-state index is 0.368. The molecule has 0 atom stereocenters. The molecule has 0 aliphatic carbocycles. The largest absolute Gasteiger partial charge is 0.478 e. The second kappa shape index (κ2) is 7.87. The first-order chi connectivity index (χ1) is 9.86. The van der Waals surface area contributed by atoms with E-state index >= 15 is 0 Å². The average molecular weight is 305 g/mol. The first kappa shape index (κ1) is 17.3. The predicted molar refractivity (Wildman–Crippen MR) is 72.6 cm³/mol. The van der Waals surface area contributed by atoms with Crippen molar-refractivity contribution in [1.29, 1.82) is 0 Å². The summed E-state index contributed by atoms with van der Waals surface area (Å²) in [5, 5.41) is 11.8. The highest BCUT2D eigenvalue weighted by atomic mass is 19.4. The zero-order chi connectivity index (χ0) is 15.9. The molecule has 21 heavy (non-hydrogen) atoms. The maximum Gasteiger partial charge on any atom is 0.417 e. The monoisotopic (exact) mass is 305 g/mol. The zero-order valence-electron chi connectivity index (χ0n) is 11.7. The third-order valence-corrected chi connectivity index (χ3v) is 2.91. The van der Waals surface area contributed by atoms with Crippen LogP contribution < -0.4 is 5.32 Å². The molecule has 4 nitrogen and oxygen atoms in total. The molecule has 0 heterocycles. The van der Waals surface area contributed by atoms with Crippen LogP contribution in [0.3, 0.4) is 0 Å². The molecular formula is C14H18F3NO3. The molecule has 0 aliphatic heterocycles. The number of rotatable bonds is 8. The molecule has 0 radical (unpaired) electrons. The Morgan fingerprint density at radius 2 is 2.00 bits per heavy atom. The van der Waals surface area contributed by atoms with E-state index in [0.717, 1.165) is 31.4 Å². The van der Waals surface area contributed by atoms with Gasteiger partial charge in [0.1, 0.15) is 0 Å². The molecule has 0 fully saturated rings. The van der Waals surface area contributed by atoms with Crippen LogP contribution >= 0.6 is 0 Å². The smallest absolute Gasteiger partial charge is 0.417 e. The number of benzene rings is 1. The van der Waals surface area contributed by atoms with E-state index in [9.17, 15) is 18.0 Å². The molecule has 0 amide bonds. The van der Waals surface area contributed by atoms with E-state index in [1.165, 1.54) is 6.07 Å². The number of alkyl halides is 3. The SMILES string of the molecule is COCCCCCNc1ccc(C(F)(F)F)c(C(=O)O)c1. The zero-order valence-corrected chi connectivity index (χ0v) is 11.7. The highest BCUT2D eigenvalue weighted by Gasteiger charge is 2.35. The molecule has 1 aromatic rings. The van der Waals surface area contributed by atoms with Gasteiger partial charge in [-0.3, -0.25) is 0 Å². The van der Waals surface area contributed by atoms with Gasteiger partial charge in [-0.25, -0.2) is 4.79 Å². The lowest BCUT2D eigenvalue weighted by Crippen LogP contribution is -2.13. The topological polar surface area (TPSA) is 58.6 Å². The molecule has 118 valence electrons. The highest BCUT2D eigenvalue weighted by Crippen LogP contribution is 2.33. The van der Waals surface area contributed by atoms with Gasteiger partial charge in [-0.05, 0) is 37.5 Å². The Balaban J connectivity index is 2.65. The van der Waals surface area contributed by atoms with E-state index in [1.807, 2.05) is 0 Å². The number of hydrogen-bond donors (Lipinski definition) is 2. The molecule has 0 saturated heterocycles. The first-order valence-electron chi connectivity index (χ1n) is 6.53. The minimum atomic E-state index is -4.67. The molecule has 0 spiro atoms. The second-order valence-corrected chi connectivity index (χ2v) is 4.54. The third kappa shape index (κ3) is 5.63. The fraction of sp³-hybridized carbons (Fsp3) is 0.500. The number of ether oxygens (including phenoxy) is 1. The molecule has 2 N–H and O–H groups in total. The maximum absolute atomic E-state index is 12.7. The van der Waals surface area contributed by atoms with Gasteiger partial charge in [0.2, 0.25) is 0 Å². The van der Waals surface area contributed by atoms with E-state index in [-0.39, 0.29) is 0 Å². The van der Waals surface area contributed by atoms with Crippen LogP contribution in [0, 0.1) is 0 Å². The van der Waals surface area contributed by atoms with Gasteiger partial charge < -0.3 is 15.2 Å². The Labute approximate surface area is 120 Å². The van der Waals surface area contributed by atoms with Gasteiger partial charge in [0, 0.05) is 25.9 Å². The predicted octanol–water partition coefficient (Wildman–Crippen LogP) is 3.63. The van der Waals surface area contributed by atoms with Crippen LogP contribution in [-0.2, 0) is 10.9 Å². The van der Waals surface area contributed by atoms with E-state index in [2.05, 4.69) is 5.32 Å². The summed E-state index contributed by atoms with van der Waals surface area (Å²) in [6.45, 7) is 1.23. The molecular weight excluding hydrogens is 287 g/mol. The molecule has 7 heteroatoms. The van der Waals surface area contributed by atoms with Crippen LogP contribution in [0.4, 0.5) is 18.9 Å². The quantitative estimate of drug-likeness (QED) is 0.720. The van der Waals surface area contributed by atoms with E-state index < -0.39 is 23.3 Å². The average Bonchev–Trinajstić information content (AvgIpc) is 2.41. The van der Waals surface area contributed by atoms with Crippen LogP contribution in [0.2, 0.25) is 0 Å². The summed E-state index contributed by atoms with van der Waals surface area (Å²) in [7, 11) is 1.62. The van der Waals surface area contributed by atoms with Gasteiger partial charge in [-0.15, -0.1) is 0 Å². The minimum Gasteiger partial charge on any atom is -0.478 e. The number of aromatic carboxylic acids is 1. The summed E-state index contributed by atoms with van der Waals surface area (Å²) in [4.78, 5) is 10.9. The lowest BCUT2D eigenvalue weighted by atomic mass is 10.1. The van der Waals surface area contributed by atoms with Crippen molar-refractivity contribution in [3.8, 4) is 0 Å². The standard InChI is InChI=1S/C14H18F3NO3/c1-21-8-4-2-3-7-18-10-5-6-12(14(15,16)17)11(9-10)13(19)20/h5-6,9,18H,2-4,7-8H2,1H3,(H,19,20). The highest BCUT2D eigenvalue weighted by molar-refractivity contribution is 5.91. The molecule has 0 saturated carbocycles. The first-order valence-corrected chi connectivity index (χ1v) is 6.53. The van der Waals surface area contributed by atoms with Crippen molar-refractivity contribution in [2.45, 2.75) is 25.4 Å². The Morgan fingerprint density at radius 1 is 1.29 bits per heavy atom. The van der Waals surface area contributed by atoms with Crippen LogP contribution in [0.25, 0.3) is 0 Å². The number of hydrogen-bond acceptors (Lipinski definition) is 3. The van der Waals surface area contributed by atoms with Crippen LogP contribution in [0.1, 0.15) is 35.2 Å². The summed E-state index contributed by atoms with van der Waals surface area (Å²) in [6.07, 6.45) is -2.02. The summed E-state index contributed by atoms with van der Waals surface area (Å²) < 4.78 is 42.9. The Morgan fingerprint density at radius 3 is 2.57 bits per heavy atom. The molecule has 0 aromatic heterocycles. The maximum atomic E-state index is 12.7. The van der Waals surface area contributed by atoms with Gasteiger partial charge in [0.15, 0.2) is 0 Å². The number of unbranched alkanes of at least 4 members (excludes halogenated alkanes) is 2. The number of anilines is 1. The molecule has 0 unspecified atom stereocenters. The van der Waals surface area contributed by atoms with Crippen molar-refractivity contribution in [3.63, 3.8) is 0 Å². The van der Waals surface area contributed by atoms with Crippen LogP contribution in [0.5, 0.6) is 0 Å². The van der Waals surface area contributed by atoms with Crippen molar-refractivity contribution >= 4 is 11.7 Å².